The molecule has 2 aromatic heterocycles. The van der Waals surface area contributed by atoms with E-state index in [1.807, 2.05) is 6.07 Å². The second-order valence-corrected chi connectivity index (χ2v) is 6.81. The Morgan fingerprint density at radius 2 is 2.00 bits per heavy atom. The molecule has 3 aromatic rings. The highest BCUT2D eigenvalue weighted by atomic mass is 35.5. The lowest BCUT2D eigenvalue weighted by molar-refractivity contribution is -0.137. The molecule has 8 heteroatoms. The number of pyridine rings is 1. The molecule has 1 aromatic carbocycles. The number of rotatable bonds is 2. The van der Waals surface area contributed by atoms with Gasteiger partial charge in [-0.1, -0.05) is 11.6 Å². The third-order valence-corrected chi connectivity index (χ3v) is 4.79. The van der Waals surface area contributed by atoms with E-state index in [1.54, 1.807) is 18.5 Å². The summed E-state index contributed by atoms with van der Waals surface area (Å²) < 4.78 is 42.2. The second-order valence-electron chi connectivity index (χ2n) is 6.37. The third kappa shape index (κ3) is 3.39. The van der Waals surface area contributed by atoms with Crippen molar-refractivity contribution in [2.75, 3.05) is 11.9 Å². The molecular formula is C19H16ClF3N4. The van der Waals surface area contributed by atoms with Gasteiger partial charge in [0.25, 0.3) is 0 Å². The number of benzene rings is 1. The number of nitrogens with zero attached hydrogens (tertiary/aromatic N) is 3. The van der Waals surface area contributed by atoms with Crippen molar-refractivity contribution in [3.05, 3.63) is 58.9 Å². The van der Waals surface area contributed by atoms with Gasteiger partial charge in [-0.15, -0.1) is 0 Å². The van der Waals surface area contributed by atoms with Crippen molar-refractivity contribution in [2.24, 2.45) is 0 Å². The number of hydrogen-bond acceptors (Lipinski definition) is 3. The van der Waals surface area contributed by atoms with Crippen LogP contribution in [-0.2, 0) is 12.6 Å². The zero-order valence-electron chi connectivity index (χ0n) is 14.2. The van der Waals surface area contributed by atoms with Crippen molar-refractivity contribution in [2.45, 2.75) is 25.4 Å². The van der Waals surface area contributed by atoms with Gasteiger partial charge in [0.05, 0.1) is 16.9 Å². The summed E-state index contributed by atoms with van der Waals surface area (Å²) in [5, 5.41) is 7.84. The van der Waals surface area contributed by atoms with Crippen LogP contribution in [0.15, 0.2) is 42.7 Å². The Balaban J connectivity index is 1.96. The first kappa shape index (κ1) is 17.9. The highest BCUT2D eigenvalue weighted by molar-refractivity contribution is 6.30. The molecule has 3 heterocycles. The first-order chi connectivity index (χ1) is 12.9. The van der Waals surface area contributed by atoms with E-state index < -0.39 is 11.7 Å². The summed E-state index contributed by atoms with van der Waals surface area (Å²) in [6.45, 7) is 0.681. The normalized spacial score (nSPS) is 14.4. The minimum Gasteiger partial charge on any atom is -0.370 e. The van der Waals surface area contributed by atoms with E-state index in [-0.39, 0.29) is 10.7 Å². The van der Waals surface area contributed by atoms with Crippen molar-refractivity contribution in [1.29, 1.82) is 0 Å². The topological polar surface area (TPSA) is 42.7 Å². The van der Waals surface area contributed by atoms with Crippen molar-refractivity contribution in [1.82, 2.24) is 14.8 Å². The van der Waals surface area contributed by atoms with Gasteiger partial charge < -0.3 is 5.32 Å². The van der Waals surface area contributed by atoms with Crippen LogP contribution < -0.4 is 5.32 Å². The van der Waals surface area contributed by atoms with Crippen LogP contribution in [0, 0.1) is 0 Å². The largest absolute Gasteiger partial charge is 0.418 e. The summed E-state index contributed by atoms with van der Waals surface area (Å²) in [6.07, 6.45) is 1.39. The Kier molecular flexibility index (Phi) is 4.55. The summed E-state index contributed by atoms with van der Waals surface area (Å²) in [5.74, 6) is 0.596. The predicted molar refractivity (Wildman–Crippen MR) is 98.2 cm³/mol. The molecule has 140 valence electrons. The summed E-state index contributed by atoms with van der Waals surface area (Å²) >= 11 is 5.83. The van der Waals surface area contributed by atoms with Crippen LogP contribution in [-0.4, -0.2) is 21.3 Å². The molecule has 1 aliphatic heterocycles. The fraction of sp³-hybridized carbons (Fsp3) is 0.263. The lowest BCUT2D eigenvalue weighted by Gasteiger charge is -2.16. The number of fused-ring (bicyclic) bond motifs is 1. The average molecular weight is 393 g/mol. The van der Waals surface area contributed by atoms with Crippen molar-refractivity contribution >= 4 is 17.4 Å². The molecule has 0 saturated heterocycles. The van der Waals surface area contributed by atoms with Gasteiger partial charge in [-0.2, -0.15) is 18.3 Å². The minimum absolute atomic E-state index is 0.0322. The molecule has 4 nitrogen and oxygen atoms in total. The number of hydrogen-bond donors (Lipinski definition) is 1. The van der Waals surface area contributed by atoms with Gasteiger partial charge in [-0.25, -0.2) is 4.68 Å². The average Bonchev–Trinajstić information content (AvgIpc) is 2.83. The van der Waals surface area contributed by atoms with E-state index in [9.17, 15) is 13.2 Å². The molecule has 0 saturated carbocycles. The molecule has 0 radical (unpaired) electrons. The maximum Gasteiger partial charge on any atom is 0.418 e. The molecule has 1 aliphatic rings. The maximum atomic E-state index is 13.6. The zero-order chi connectivity index (χ0) is 19.0. The quantitative estimate of drug-likeness (QED) is 0.638. The zero-order valence-corrected chi connectivity index (χ0v) is 15.0. The molecule has 0 unspecified atom stereocenters. The molecule has 4 rings (SSSR count). The highest BCUT2D eigenvalue weighted by Gasteiger charge is 2.36. The lowest BCUT2D eigenvalue weighted by Crippen LogP contribution is -2.14. The first-order valence-electron chi connectivity index (χ1n) is 8.58. The SMILES string of the molecule is FC(F)(F)c1cc(Cl)ccc1-n1nc(-c2cccnc2)c2c1NCCCC2. The van der Waals surface area contributed by atoms with Crippen LogP contribution in [0.25, 0.3) is 16.9 Å². The van der Waals surface area contributed by atoms with E-state index in [0.29, 0.717) is 18.1 Å². The minimum atomic E-state index is -4.54. The van der Waals surface area contributed by atoms with E-state index in [0.717, 1.165) is 36.5 Å². The molecule has 0 aliphatic carbocycles. The third-order valence-electron chi connectivity index (χ3n) is 4.56. The summed E-state index contributed by atoms with van der Waals surface area (Å²) in [6, 6.07) is 7.38. The van der Waals surface area contributed by atoms with Crippen LogP contribution in [0.2, 0.25) is 5.02 Å². The molecule has 0 spiro atoms. The molecule has 1 N–H and O–H groups in total. The molecule has 0 fully saturated rings. The van der Waals surface area contributed by atoms with Crippen LogP contribution in [0.5, 0.6) is 0 Å². The van der Waals surface area contributed by atoms with Gasteiger partial charge in [0.15, 0.2) is 0 Å². The smallest absolute Gasteiger partial charge is 0.370 e. The molecule has 27 heavy (non-hydrogen) atoms. The first-order valence-corrected chi connectivity index (χ1v) is 8.96. The Morgan fingerprint density at radius 1 is 1.15 bits per heavy atom. The van der Waals surface area contributed by atoms with Crippen molar-refractivity contribution in [3.8, 4) is 16.9 Å². The summed E-state index contributed by atoms with van der Waals surface area (Å²) in [4.78, 5) is 4.12. The van der Waals surface area contributed by atoms with E-state index in [4.69, 9.17) is 11.6 Å². The van der Waals surface area contributed by atoms with Crippen molar-refractivity contribution in [3.63, 3.8) is 0 Å². The highest BCUT2D eigenvalue weighted by Crippen LogP contribution is 2.39. The summed E-state index contributed by atoms with van der Waals surface area (Å²) in [7, 11) is 0. The van der Waals surface area contributed by atoms with E-state index in [1.165, 1.54) is 16.8 Å². The molecule has 0 amide bonds. The monoisotopic (exact) mass is 392 g/mol. The van der Waals surface area contributed by atoms with Gasteiger partial charge >= 0.3 is 6.18 Å². The standard InChI is InChI=1S/C19H16ClF3N4/c20-13-6-7-16(15(10-13)19(21,22)23)27-18-14(5-1-2-9-25-18)17(26-27)12-4-3-8-24-11-12/h3-4,6-8,10-11,25H,1-2,5,9H2. The number of nitrogens with one attached hydrogen (secondary N) is 1. The number of anilines is 1. The second kappa shape index (κ2) is 6.88. The Hall–Kier alpha value is -2.54. The molecule has 0 atom stereocenters. The fourth-order valence-corrected chi connectivity index (χ4v) is 3.50. The van der Waals surface area contributed by atoms with Crippen LogP contribution in [0.4, 0.5) is 19.0 Å². The molecular weight excluding hydrogens is 377 g/mol. The van der Waals surface area contributed by atoms with Crippen LogP contribution in [0.1, 0.15) is 24.0 Å². The van der Waals surface area contributed by atoms with Crippen LogP contribution in [0.3, 0.4) is 0 Å². The van der Waals surface area contributed by atoms with Gasteiger partial charge in [-0.05, 0) is 49.6 Å². The molecule has 0 bridgehead atoms. The van der Waals surface area contributed by atoms with Gasteiger partial charge in [0.1, 0.15) is 5.82 Å². The van der Waals surface area contributed by atoms with Gasteiger partial charge in [-0.3, -0.25) is 4.98 Å². The van der Waals surface area contributed by atoms with Crippen molar-refractivity contribution < 1.29 is 13.2 Å². The Labute approximate surface area is 159 Å². The van der Waals surface area contributed by atoms with Gasteiger partial charge in [0.2, 0.25) is 0 Å². The maximum absolute atomic E-state index is 13.6. The predicted octanol–water partition coefficient (Wildman–Crippen LogP) is 5.35. The number of aromatic nitrogens is 3. The lowest BCUT2D eigenvalue weighted by atomic mass is 10.1. The number of alkyl halides is 3. The summed E-state index contributed by atoms with van der Waals surface area (Å²) in [5.41, 5.74) is 1.47. The van der Waals surface area contributed by atoms with Crippen LogP contribution >= 0.6 is 11.6 Å². The van der Waals surface area contributed by atoms with Gasteiger partial charge in [0, 0.05) is 35.1 Å². The Morgan fingerprint density at radius 3 is 2.74 bits per heavy atom. The van der Waals surface area contributed by atoms with E-state index in [2.05, 4.69) is 15.4 Å². The Bertz CT molecular complexity index is 967. The van der Waals surface area contributed by atoms with E-state index >= 15 is 0 Å². The number of halogens is 4. The fourth-order valence-electron chi connectivity index (χ4n) is 3.33.